The van der Waals surface area contributed by atoms with E-state index in [1.54, 1.807) is 6.20 Å². The maximum absolute atomic E-state index is 12.4. The average Bonchev–Trinajstić information content (AvgIpc) is 3.24. The molecule has 6 nitrogen and oxygen atoms in total. The van der Waals surface area contributed by atoms with Gasteiger partial charge in [0.05, 0.1) is 19.7 Å². The van der Waals surface area contributed by atoms with Crippen LogP contribution in [-0.4, -0.2) is 65.8 Å². The molecule has 3 aliphatic heterocycles. The van der Waals surface area contributed by atoms with Gasteiger partial charge in [-0.15, -0.1) is 0 Å². The standard InChI is InChI=1S/C18H25N3O3/c22-17(20-9-3-4-10-20)21-13-18(14-21)15(7-12-24-18)6-11-23-16-5-1-2-8-19-16/h1-2,5,8,15H,3-4,6-7,9-14H2. The molecule has 1 aromatic rings. The van der Waals surface area contributed by atoms with Crippen molar-refractivity contribution in [1.82, 2.24) is 14.8 Å². The van der Waals surface area contributed by atoms with Crippen LogP contribution in [-0.2, 0) is 4.74 Å². The maximum atomic E-state index is 12.4. The first kappa shape index (κ1) is 15.7. The summed E-state index contributed by atoms with van der Waals surface area (Å²) in [6, 6.07) is 5.88. The number of ether oxygens (including phenoxy) is 2. The van der Waals surface area contributed by atoms with Gasteiger partial charge >= 0.3 is 6.03 Å². The highest BCUT2D eigenvalue weighted by Crippen LogP contribution is 2.42. The van der Waals surface area contributed by atoms with Crippen LogP contribution in [0.1, 0.15) is 25.7 Å². The van der Waals surface area contributed by atoms with Gasteiger partial charge in [0.1, 0.15) is 5.60 Å². The Morgan fingerprint density at radius 2 is 2.12 bits per heavy atom. The van der Waals surface area contributed by atoms with E-state index in [1.807, 2.05) is 28.0 Å². The van der Waals surface area contributed by atoms with Crippen molar-refractivity contribution in [1.29, 1.82) is 0 Å². The summed E-state index contributed by atoms with van der Waals surface area (Å²) in [5.74, 6) is 1.13. The van der Waals surface area contributed by atoms with Crippen LogP contribution in [0.2, 0.25) is 0 Å². The van der Waals surface area contributed by atoms with E-state index >= 15 is 0 Å². The third-order valence-electron chi connectivity index (χ3n) is 5.52. The van der Waals surface area contributed by atoms with Gasteiger partial charge in [-0.05, 0) is 37.7 Å². The van der Waals surface area contributed by atoms with Crippen molar-refractivity contribution in [3.05, 3.63) is 24.4 Å². The lowest BCUT2D eigenvalue weighted by atomic mass is 9.79. The van der Waals surface area contributed by atoms with Gasteiger partial charge in [0.15, 0.2) is 0 Å². The van der Waals surface area contributed by atoms with Gasteiger partial charge < -0.3 is 19.3 Å². The number of carbonyl (C=O) groups is 1. The smallest absolute Gasteiger partial charge is 0.320 e. The Hall–Kier alpha value is -1.82. The average molecular weight is 331 g/mol. The van der Waals surface area contributed by atoms with Crippen molar-refractivity contribution in [2.75, 3.05) is 39.4 Å². The van der Waals surface area contributed by atoms with Crippen molar-refractivity contribution in [3.63, 3.8) is 0 Å². The minimum atomic E-state index is -0.136. The number of urea groups is 1. The van der Waals surface area contributed by atoms with Crippen molar-refractivity contribution in [2.45, 2.75) is 31.3 Å². The van der Waals surface area contributed by atoms with Crippen LogP contribution in [0.25, 0.3) is 0 Å². The highest BCUT2D eigenvalue weighted by atomic mass is 16.5. The quantitative estimate of drug-likeness (QED) is 0.848. The molecule has 1 aromatic heterocycles. The first-order chi connectivity index (χ1) is 11.8. The highest BCUT2D eigenvalue weighted by Gasteiger charge is 2.54. The molecular weight excluding hydrogens is 306 g/mol. The van der Waals surface area contributed by atoms with Crippen molar-refractivity contribution in [3.8, 4) is 5.88 Å². The topological polar surface area (TPSA) is 54.9 Å². The SMILES string of the molecule is O=C(N1CCCC1)N1CC2(C1)OCCC2CCOc1ccccn1. The summed E-state index contributed by atoms with van der Waals surface area (Å²) < 4.78 is 11.8. The van der Waals surface area contributed by atoms with Gasteiger partial charge in [-0.2, -0.15) is 0 Å². The second-order valence-electron chi connectivity index (χ2n) is 7.04. The van der Waals surface area contributed by atoms with Gasteiger partial charge in [0.25, 0.3) is 0 Å². The number of hydrogen-bond acceptors (Lipinski definition) is 4. The second-order valence-corrected chi connectivity index (χ2v) is 7.04. The number of pyridine rings is 1. The predicted molar refractivity (Wildman–Crippen MR) is 88.9 cm³/mol. The molecule has 0 aromatic carbocycles. The van der Waals surface area contributed by atoms with Crippen LogP contribution in [0.15, 0.2) is 24.4 Å². The van der Waals surface area contributed by atoms with Crippen LogP contribution in [0.5, 0.6) is 5.88 Å². The number of carbonyl (C=O) groups excluding carboxylic acids is 1. The maximum Gasteiger partial charge on any atom is 0.320 e. The number of amides is 2. The minimum absolute atomic E-state index is 0.136. The fourth-order valence-electron chi connectivity index (χ4n) is 4.12. The Morgan fingerprint density at radius 1 is 1.29 bits per heavy atom. The zero-order valence-corrected chi connectivity index (χ0v) is 14.0. The van der Waals surface area contributed by atoms with Crippen LogP contribution < -0.4 is 4.74 Å². The Bertz CT molecular complexity index is 568. The monoisotopic (exact) mass is 331 g/mol. The zero-order chi connectivity index (χ0) is 16.4. The summed E-state index contributed by atoms with van der Waals surface area (Å²) in [4.78, 5) is 20.5. The molecule has 130 valence electrons. The second kappa shape index (κ2) is 6.59. The number of likely N-dealkylation sites (tertiary alicyclic amines) is 2. The first-order valence-corrected chi connectivity index (χ1v) is 8.98. The highest BCUT2D eigenvalue weighted by molar-refractivity contribution is 5.76. The molecule has 0 aliphatic carbocycles. The predicted octanol–water partition coefficient (Wildman–Crippen LogP) is 2.16. The molecule has 1 unspecified atom stereocenters. The van der Waals surface area contributed by atoms with E-state index in [9.17, 15) is 4.79 Å². The summed E-state index contributed by atoms with van der Waals surface area (Å²) in [5, 5.41) is 0. The van der Waals surface area contributed by atoms with Gasteiger partial charge in [-0.1, -0.05) is 6.07 Å². The molecule has 1 spiro atoms. The number of rotatable bonds is 4. The van der Waals surface area contributed by atoms with Crippen LogP contribution >= 0.6 is 0 Å². The molecule has 0 radical (unpaired) electrons. The number of aromatic nitrogens is 1. The third-order valence-corrected chi connectivity index (χ3v) is 5.52. The molecule has 3 fully saturated rings. The summed E-state index contributed by atoms with van der Waals surface area (Å²) in [6.45, 7) is 4.72. The largest absolute Gasteiger partial charge is 0.478 e. The molecule has 3 aliphatic rings. The van der Waals surface area contributed by atoms with E-state index < -0.39 is 0 Å². The van der Waals surface area contributed by atoms with Crippen molar-refractivity contribution >= 4 is 6.03 Å². The lowest BCUT2D eigenvalue weighted by molar-refractivity contribution is -0.119. The van der Waals surface area contributed by atoms with Gasteiger partial charge in [0, 0.05) is 32.0 Å². The van der Waals surface area contributed by atoms with E-state index in [1.165, 1.54) is 0 Å². The Labute approximate surface area is 142 Å². The Morgan fingerprint density at radius 3 is 2.88 bits per heavy atom. The lowest BCUT2D eigenvalue weighted by Crippen LogP contribution is -2.67. The van der Waals surface area contributed by atoms with E-state index in [-0.39, 0.29) is 11.6 Å². The third kappa shape index (κ3) is 2.95. The van der Waals surface area contributed by atoms with Crippen LogP contribution in [0, 0.1) is 5.92 Å². The molecule has 24 heavy (non-hydrogen) atoms. The Kier molecular flexibility index (Phi) is 4.31. The Balaban J connectivity index is 1.27. The first-order valence-electron chi connectivity index (χ1n) is 8.98. The summed E-state index contributed by atoms with van der Waals surface area (Å²) in [7, 11) is 0. The molecule has 4 rings (SSSR count). The van der Waals surface area contributed by atoms with Crippen LogP contribution in [0.4, 0.5) is 4.79 Å². The lowest BCUT2D eigenvalue weighted by Gasteiger charge is -2.51. The fourth-order valence-corrected chi connectivity index (χ4v) is 4.12. The van der Waals surface area contributed by atoms with Crippen molar-refractivity contribution in [2.24, 2.45) is 5.92 Å². The molecule has 2 amide bonds. The molecular formula is C18H25N3O3. The summed E-state index contributed by atoms with van der Waals surface area (Å²) in [5.41, 5.74) is -0.136. The molecule has 3 saturated heterocycles. The number of hydrogen-bond donors (Lipinski definition) is 0. The fraction of sp³-hybridized carbons (Fsp3) is 0.667. The molecule has 4 heterocycles. The molecule has 0 saturated carbocycles. The molecule has 0 bridgehead atoms. The van der Waals surface area contributed by atoms with E-state index in [0.717, 1.165) is 58.5 Å². The summed E-state index contributed by atoms with van der Waals surface area (Å²) >= 11 is 0. The van der Waals surface area contributed by atoms with Gasteiger partial charge in [0.2, 0.25) is 5.88 Å². The van der Waals surface area contributed by atoms with Gasteiger partial charge in [-0.3, -0.25) is 0 Å². The minimum Gasteiger partial charge on any atom is -0.478 e. The van der Waals surface area contributed by atoms with Gasteiger partial charge in [-0.25, -0.2) is 9.78 Å². The van der Waals surface area contributed by atoms with E-state index in [2.05, 4.69) is 4.98 Å². The number of nitrogens with zero attached hydrogens (tertiary/aromatic N) is 3. The zero-order valence-electron chi connectivity index (χ0n) is 14.0. The van der Waals surface area contributed by atoms with Crippen LogP contribution in [0.3, 0.4) is 0 Å². The van der Waals surface area contributed by atoms with Crippen molar-refractivity contribution < 1.29 is 14.3 Å². The molecule has 0 N–H and O–H groups in total. The molecule has 6 heteroatoms. The summed E-state index contributed by atoms with van der Waals surface area (Å²) in [6.07, 6.45) is 6.01. The van der Waals surface area contributed by atoms with E-state index in [0.29, 0.717) is 18.4 Å². The normalized spacial score (nSPS) is 25.1. The van der Waals surface area contributed by atoms with E-state index in [4.69, 9.17) is 9.47 Å². The molecule has 1 atom stereocenters.